The van der Waals surface area contributed by atoms with E-state index in [-0.39, 0.29) is 12.8 Å². The Kier molecular flexibility index (Phi) is 10.1. The summed E-state index contributed by atoms with van der Waals surface area (Å²) in [5.41, 5.74) is 0. The summed E-state index contributed by atoms with van der Waals surface area (Å²) in [6, 6.07) is 0. The van der Waals surface area contributed by atoms with Crippen molar-refractivity contribution in [1.82, 2.24) is 14.7 Å². The van der Waals surface area contributed by atoms with Crippen molar-refractivity contribution in [3.63, 3.8) is 0 Å². The molecule has 0 saturated carbocycles. The lowest BCUT2D eigenvalue weighted by Crippen LogP contribution is -2.55. The van der Waals surface area contributed by atoms with Gasteiger partial charge in [0.25, 0.3) is 0 Å². The summed E-state index contributed by atoms with van der Waals surface area (Å²) in [5, 5.41) is 0. The van der Waals surface area contributed by atoms with Crippen LogP contribution in [0.1, 0.15) is 73.6 Å². The van der Waals surface area contributed by atoms with E-state index in [0.29, 0.717) is 41.9 Å². The van der Waals surface area contributed by atoms with Crippen molar-refractivity contribution in [1.29, 1.82) is 0 Å². The highest BCUT2D eigenvalue weighted by Crippen LogP contribution is 2.43. The fourth-order valence-corrected chi connectivity index (χ4v) is 7.24. The summed E-state index contributed by atoms with van der Waals surface area (Å²) in [6.07, 6.45) is 4.71. The van der Waals surface area contributed by atoms with E-state index in [4.69, 9.17) is 0 Å². The molecule has 7 heteroatoms. The maximum Gasteiger partial charge on any atom is 0.225 e. The molecule has 0 aromatic heterocycles. The third-order valence-corrected chi connectivity index (χ3v) is 13.5. The topological polar surface area (TPSA) is 43.9 Å². The zero-order chi connectivity index (χ0) is 25.3. The van der Waals surface area contributed by atoms with Gasteiger partial charge in [0.05, 0.1) is 0 Å². The molecule has 3 aliphatic heterocycles. The number of carbonyl (C=O) groups is 2. The second kappa shape index (κ2) is 11.8. The molecule has 0 bridgehead atoms. The fourth-order valence-electron chi connectivity index (χ4n) is 6.14. The van der Waals surface area contributed by atoms with Gasteiger partial charge in [-0.05, 0) is 82.8 Å². The standard InChI is InChI=1S/C27H47I2N3O2/c1-7-8-24(33)31-15-21(4)27(6,29)23(18-31)11-14-30-12-9-22(10-13-30)25(34)32-16-19(2)26(5,28)20(3)17-32/h19-23H,7-18H2,1-6H3. The molecule has 0 aromatic rings. The van der Waals surface area contributed by atoms with Crippen molar-refractivity contribution in [3.8, 4) is 0 Å². The van der Waals surface area contributed by atoms with Gasteiger partial charge < -0.3 is 14.7 Å². The molecule has 3 aliphatic rings. The number of alkyl halides is 2. The molecule has 3 rings (SSSR count). The zero-order valence-corrected chi connectivity index (χ0v) is 26.6. The van der Waals surface area contributed by atoms with Gasteiger partial charge in [0, 0.05) is 45.4 Å². The number of amides is 2. The Morgan fingerprint density at radius 1 is 0.853 bits per heavy atom. The molecule has 3 saturated heterocycles. The average molecular weight is 700 g/mol. The van der Waals surface area contributed by atoms with Gasteiger partial charge in [-0.3, -0.25) is 9.59 Å². The highest BCUT2D eigenvalue weighted by molar-refractivity contribution is 14.1. The number of hydrogen-bond acceptors (Lipinski definition) is 3. The minimum atomic E-state index is 0.195. The minimum absolute atomic E-state index is 0.195. The van der Waals surface area contributed by atoms with Crippen LogP contribution in [0, 0.1) is 29.6 Å². The van der Waals surface area contributed by atoms with E-state index >= 15 is 0 Å². The largest absolute Gasteiger partial charge is 0.342 e. The van der Waals surface area contributed by atoms with Crippen LogP contribution in [0.4, 0.5) is 0 Å². The SMILES string of the molecule is CCCC(=O)N1CC(C)C(C)(I)C(CCN2CCC(C(=O)N3CC(C)C(C)(I)C(C)C3)CC2)C1. The molecular weight excluding hydrogens is 652 g/mol. The second-order valence-corrected chi connectivity index (χ2v) is 16.5. The van der Waals surface area contributed by atoms with E-state index in [0.717, 1.165) is 71.5 Å². The Morgan fingerprint density at radius 3 is 1.94 bits per heavy atom. The molecule has 196 valence electrons. The molecule has 0 radical (unpaired) electrons. The van der Waals surface area contributed by atoms with Gasteiger partial charge in [-0.2, -0.15) is 0 Å². The van der Waals surface area contributed by atoms with Crippen LogP contribution in [0.25, 0.3) is 0 Å². The Labute approximate surface area is 235 Å². The van der Waals surface area contributed by atoms with Crippen molar-refractivity contribution in [2.75, 3.05) is 45.8 Å². The van der Waals surface area contributed by atoms with Gasteiger partial charge in [-0.15, -0.1) is 0 Å². The minimum Gasteiger partial charge on any atom is -0.342 e. The number of rotatable bonds is 6. The first-order valence-electron chi connectivity index (χ1n) is 13.5. The molecule has 0 aliphatic carbocycles. The van der Waals surface area contributed by atoms with Gasteiger partial charge in [0.2, 0.25) is 11.8 Å². The molecule has 2 amide bonds. The van der Waals surface area contributed by atoms with E-state index in [1.54, 1.807) is 0 Å². The number of hydrogen-bond donors (Lipinski definition) is 0. The van der Waals surface area contributed by atoms with E-state index in [1.807, 2.05) is 0 Å². The highest BCUT2D eigenvalue weighted by Gasteiger charge is 2.44. The van der Waals surface area contributed by atoms with E-state index in [9.17, 15) is 9.59 Å². The maximum absolute atomic E-state index is 13.3. The van der Waals surface area contributed by atoms with Crippen LogP contribution in [0.15, 0.2) is 0 Å². The summed E-state index contributed by atoms with van der Waals surface area (Å²) < 4.78 is 0.502. The first kappa shape index (κ1) is 28.9. The van der Waals surface area contributed by atoms with Crippen LogP contribution in [0.3, 0.4) is 0 Å². The van der Waals surface area contributed by atoms with Crippen LogP contribution in [-0.2, 0) is 9.59 Å². The Bertz CT molecular complexity index is 707. The quantitative estimate of drug-likeness (QED) is 0.273. The normalized spacial score (nSPS) is 38.2. The van der Waals surface area contributed by atoms with Gasteiger partial charge >= 0.3 is 0 Å². The predicted octanol–water partition coefficient (Wildman–Crippen LogP) is 5.48. The molecule has 5 atom stereocenters. The van der Waals surface area contributed by atoms with Gasteiger partial charge in [-0.25, -0.2) is 0 Å². The van der Waals surface area contributed by atoms with Crippen molar-refractivity contribution in [2.24, 2.45) is 29.6 Å². The van der Waals surface area contributed by atoms with Crippen LogP contribution in [-0.4, -0.2) is 79.2 Å². The molecule has 3 fully saturated rings. The van der Waals surface area contributed by atoms with Crippen LogP contribution in [0.5, 0.6) is 0 Å². The molecule has 0 aromatic carbocycles. The summed E-state index contributed by atoms with van der Waals surface area (Å²) in [7, 11) is 0. The number of likely N-dealkylation sites (tertiary alicyclic amines) is 3. The fraction of sp³-hybridized carbons (Fsp3) is 0.926. The Balaban J connectivity index is 1.49. The number of carbonyl (C=O) groups excluding carboxylic acids is 2. The first-order chi connectivity index (χ1) is 15.9. The summed E-state index contributed by atoms with van der Waals surface area (Å²) in [4.78, 5) is 32.8. The maximum atomic E-state index is 13.3. The predicted molar refractivity (Wildman–Crippen MR) is 158 cm³/mol. The summed E-state index contributed by atoms with van der Waals surface area (Å²) in [5.74, 6) is 3.02. The van der Waals surface area contributed by atoms with Crippen molar-refractivity contribution in [2.45, 2.75) is 80.5 Å². The molecule has 0 spiro atoms. The molecule has 34 heavy (non-hydrogen) atoms. The van der Waals surface area contributed by atoms with Crippen LogP contribution >= 0.6 is 45.2 Å². The summed E-state index contributed by atoms with van der Waals surface area (Å²) in [6.45, 7) is 20.5. The van der Waals surface area contributed by atoms with Crippen LogP contribution in [0.2, 0.25) is 0 Å². The van der Waals surface area contributed by atoms with E-state index in [1.165, 1.54) is 0 Å². The number of halogens is 2. The molecule has 5 unspecified atom stereocenters. The second-order valence-electron chi connectivity index (χ2n) is 11.9. The third kappa shape index (κ3) is 6.43. The smallest absolute Gasteiger partial charge is 0.225 e. The third-order valence-electron chi connectivity index (χ3n) is 9.47. The van der Waals surface area contributed by atoms with Crippen molar-refractivity contribution in [3.05, 3.63) is 0 Å². The molecule has 3 heterocycles. The van der Waals surface area contributed by atoms with Crippen molar-refractivity contribution >= 4 is 57.0 Å². The monoisotopic (exact) mass is 699 g/mol. The molecule has 5 nitrogen and oxygen atoms in total. The highest BCUT2D eigenvalue weighted by atomic mass is 127. The summed E-state index contributed by atoms with van der Waals surface area (Å²) >= 11 is 5.27. The zero-order valence-electron chi connectivity index (χ0n) is 22.3. The lowest BCUT2D eigenvalue weighted by molar-refractivity contribution is -0.140. The molecular formula is C27H47I2N3O2. The van der Waals surface area contributed by atoms with E-state index in [2.05, 4.69) is 101 Å². The van der Waals surface area contributed by atoms with E-state index < -0.39 is 0 Å². The van der Waals surface area contributed by atoms with Gasteiger partial charge in [0.1, 0.15) is 0 Å². The molecule has 0 N–H and O–H groups in total. The lowest BCUT2D eigenvalue weighted by atomic mass is 9.77. The first-order valence-corrected chi connectivity index (χ1v) is 15.7. The van der Waals surface area contributed by atoms with Crippen molar-refractivity contribution < 1.29 is 9.59 Å². The average Bonchev–Trinajstić information content (AvgIpc) is 2.78. The van der Waals surface area contributed by atoms with Crippen LogP contribution < -0.4 is 0 Å². The Morgan fingerprint density at radius 2 is 1.38 bits per heavy atom. The number of nitrogens with zero attached hydrogens (tertiary/aromatic N) is 3. The lowest BCUT2D eigenvalue weighted by Gasteiger charge is -2.48. The number of piperidine rings is 3. The van der Waals surface area contributed by atoms with Gasteiger partial charge in [0.15, 0.2) is 0 Å². The van der Waals surface area contributed by atoms with Gasteiger partial charge in [-0.1, -0.05) is 72.9 Å². The Hall–Kier alpha value is 0.360.